The van der Waals surface area contributed by atoms with Crippen LogP contribution in [0.15, 0.2) is 33.9 Å². The number of aromatic nitrogens is 5. The summed E-state index contributed by atoms with van der Waals surface area (Å²) in [5.74, 6) is -0.234. The van der Waals surface area contributed by atoms with Gasteiger partial charge >= 0.3 is 6.09 Å². The number of amides is 2. The summed E-state index contributed by atoms with van der Waals surface area (Å²) in [4.78, 5) is 54.6. The van der Waals surface area contributed by atoms with Gasteiger partial charge in [0, 0.05) is 43.1 Å². The average Bonchev–Trinajstić information content (AvgIpc) is 3.25. The molecule has 13 heteroatoms. The minimum Gasteiger partial charge on any atom is -0.465 e. The van der Waals surface area contributed by atoms with Crippen LogP contribution in [0.5, 0.6) is 0 Å². The Labute approximate surface area is 178 Å². The number of carbonyl (C=O) groups is 2. The first-order chi connectivity index (χ1) is 14.5. The highest BCUT2D eigenvalue weighted by atomic mass is 32.2. The summed E-state index contributed by atoms with van der Waals surface area (Å²) in [5, 5.41) is 14.5. The van der Waals surface area contributed by atoms with Gasteiger partial charge in [-0.1, -0.05) is 11.8 Å². The van der Waals surface area contributed by atoms with Crippen molar-refractivity contribution in [3.8, 4) is 0 Å². The molecule has 1 aliphatic heterocycles. The van der Waals surface area contributed by atoms with Crippen molar-refractivity contribution in [1.82, 2.24) is 29.4 Å². The van der Waals surface area contributed by atoms with Gasteiger partial charge in [-0.3, -0.25) is 14.2 Å². The van der Waals surface area contributed by atoms with E-state index in [1.54, 1.807) is 11.6 Å². The number of fused-ring (bicyclic) bond motifs is 1. The number of thioether (sulfide) groups is 1. The zero-order chi connectivity index (χ0) is 21.1. The Morgan fingerprint density at radius 2 is 1.97 bits per heavy atom. The minimum absolute atomic E-state index is 0.0335. The van der Waals surface area contributed by atoms with Crippen LogP contribution in [0, 0.1) is 0 Å². The van der Waals surface area contributed by atoms with Gasteiger partial charge < -0.3 is 15.3 Å². The lowest BCUT2D eigenvalue weighted by Crippen LogP contribution is -2.40. The molecule has 0 aromatic carbocycles. The second-order valence-corrected chi connectivity index (χ2v) is 8.31. The number of thiazole rings is 1. The molecule has 0 spiro atoms. The van der Waals surface area contributed by atoms with E-state index in [9.17, 15) is 19.5 Å². The molecule has 4 heterocycles. The van der Waals surface area contributed by atoms with Crippen LogP contribution in [0.2, 0.25) is 0 Å². The lowest BCUT2D eigenvalue weighted by molar-refractivity contribution is -0.113. The third kappa shape index (κ3) is 4.26. The van der Waals surface area contributed by atoms with Gasteiger partial charge in [0.15, 0.2) is 21.5 Å². The quantitative estimate of drug-likeness (QED) is 0.441. The normalized spacial score (nSPS) is 14.7. The molecule has 1 fully saturated rings. The number of nitrogens with zero attached hydrogens (tertiary/aromatic N) is 6. The van der Waals surface area contributed by atoms with Crippen LogP contribution >= 0.6 is 23.1 Å². The summed E-state index contributed by atoms with van der Waals surface area (Å²) in [7, 11) is 0. The van der Waals surface area contributed by atoms with Crippen molar-refractivity contribution in [1.29, 1.82) is 0 Å². The lowest BCUT2D eigenvalue weighted by Gasteiger charge is -2.31. The van der Waals surface area contributed by atoms with Crippen molar-refractivity contribution >= 4 is 51.4 Å². The fourth-order valence-corrected chi connectivity index (χ4v) is 4.62. The number of anilines is 1. The predicted octanol–water partition coefficient (Wildman–Crippen LogP) is 1.69. The summed E-state index contributed by atoms with van der Waals surface area (Å²) >= 11 is 2.44. The van der Waals surface area contributed by atoms with E-state index < -0.39 is 6.09 Å². The molecule has 2 amide bonds. The maximum absolute atomic E-state index is 13.1. The SMILES string of the molecule is O=C(CSc1nc2nccnc2c(=O)n1C1CCN(C(=O)O)CC1)Nc1nccs1. The van der Waals surface area contributed by atoms with Crippen molar-refractivity contribution in [3.63, 3.8) is 0 Å². The average molecular weight is 448 g/mol. The molecule has 1 aliphatic rings. The van der Waals surface area contributed by atoms with Crippen molar-refractivity contribution in [2.75, 3.05) is 24.2 Å². The van der Waals surface area contributed by atoms with Gasteiger partial charge in [0.2, 0.25) is 5.91 Å². The van der Waals surface area contributed by atoms with Gasteiger partial charge in [-0.25, -0.2) is 24.7 Å². The standard InChI is InChI=1S/C17H17N7O4S2/c25-11(21-15-20-5-8-29-15)9-30-16-22-13-12(18-3-4-19-13)14(26)24(16)10-1-6-23(7-2-10)17(27)28/h3-5,8,10H,1-2,6-7,9H2,(H,27,28)(H,20,21,25). The number of piperidine rings is 1. The predicted molar refractivity (Wildman–Crippen MR) is 111 cm³/mol. The van der Waals surface area contributed by atoms with E-state index in [-0.39, 0.29) is 34.4 Å². The fraction of sp³-hybridized carbons (Fsp3) is 0.353. The number of hydrogen-bond acceptors (Lipinski definition) is 9. The van der Waals surface area contributed by atoms with E-state index in [1.165, 1.54) is 33.2 Å². The number of likely N-dealkylation sites (tertiary alicyclic amines) is 1. The van der Waals surface area contributed by atoms with Gasteiger partial charge in [-0.05, 0) is 12.8 Å². The summed E-state index contributed by atoms with van der Waals surface area (Å²) in [6.45, 7) is 0.638. The molecule has 1 saturated heterocycles. The van der Waals surface area contributed by atoms with Crippen LogP contribution in [0.3, 0.4) is 0 Å². The molecular weight excluding hydrogens is 430 g/mol. The zero-order valence-corrected chi connectivity index (χ0v) is 17.2. The highest BCUT2D eigenvalue weighted by Crippen LogP contribution is 2.27. The van der Waals surface area contributed by atoms with Crippen molar-refractivity contribution < 1.29 is 14.7 Å². The van der Waals surface area contributed by atoms with E-state index in [0.29, 0.717) is 36.2 Å². The van der Waals surface area contributed by atoms with Gasteiger partial charge in [0.1, 0.15) is 0 Å². The van der Waals surface area contributed by atoms with Crippen LogP contribution in [0.4, 0.5) is 9.93 Å². The first kappa shape index (κ1) is 20.2. The number of nitrogens with one attached hydrogen (secondary N) is 1. The summed E-state index contributed by atoms with van der Waals surface area (Å²) in [5.41, 5.74) is 0.0176. The third-order valence-corrected chi connectivity index (χ3v) is 6.26. The Kier molecular flexibility index (Phi) is 5.90. The van der Waals surface area contributed by atoms with E-state index in [4.69, 9.17) is 0 Å². The number of carboxylic acid groups (broad SMARTS) is 1. The lowest BCUT2D eigenvalue weighted by atomic mass is 10.1. The zero-order valence-electron chi connectivity index (χ0n) is 15.6. The van der Waals surface area contributed by atoms with Crippen molar-refractivity contribution in [2.24, 2.45) is 0 Å². The molecule has 3 aromatic rings. The molecule has 0 saturated carbocycles. The van der Waals surface area contributed by atoms with Gasteiger partial charge in [0.25, 0.3) is 5.56 Å². The van der Waals surface area contributed by atoms with E-state index in [0.717, 1.165) is 11.8 Å². The summed E-state index contributed by atoms with van der Waals surface area (Å²) < 4.78 is 1.53. The topological polar surface area (TPSA) is 143 Å². The molecule has 0 aliphatic carbocycles. The van der Waals surface area contributed by atoms with E-state index >= 15 is 0 Å². The van der Waals surface area contributed by atoms with Crippen LogP contribution in [-0.4, -0.2) is 65.4 Å². The summed E-state index contributed by atoms with van der Waals surface area (Å²) in [6.07, 6.45) is 4.44. The maximum atomic E-state index is 13.1. The Bertz CT molecular complexity index is 1130. The second kappa shape index (κ2) is 8.75. The highest BCUT2D eigenvalue weighted by molar-refractivity contribution is 7.99. The molecule has 156 valence electrons. The molecule has 0 radical (unpaired) electrons. The molecule has 11 nitrogen and oxygen atoms in total. The molecule has 0 atom stereocenters. The van der Waals surface area contributed by atoms with Gasteiger partial charge in [-0.15, -0.1) is 11.3 Å². The van der Waals surface area contributed by atoms with E-state index in [2.05, 4.69) is 25.3 Å². The largest absolute Gasteiger partial charge is 0.465 e. The maximum Gasteiger partial charge on any atom is 0.407 e. The van der Waals surface area contributed by atoms with Crippen LogP contribution in [0.25, 0.3) is 11.2 Å². The highest BCUT2D eigenvalue weighted by Gasteiger charge is 2.27. The van der Waals surface area contributed by atoms with Gasteiger partial charge in [0.05, 0.1) is 5.75 Å². The molecule has 0 unspecified atom stereocenters. The second-order valence-electron chi connectivity index (χ2n) is 6.47. The number of rotatable bonds is 5. The molecule has 3 aromatic heterocycles. The van der Waals surface area contributed by atoms with Gasteiger partial charge in [-0.2, -0.15) is 0 Å². The number of hydrogen-bond donors (Lipinski definition) is 2. The Balaban J connectivity index is 1.60. The van der Waals surface area contributed by atoms with E-state index in [1.807, 2.05) is 0 Å². The van der Waals surface area contributed by atoms with Crippen LogP contribution in [-0.2, 0) is 4.79 Å². The monoisotopic (exact) mass is 447 g/mol. The fourth-order valence-electron chi connectivity index (χ4n) is 3.22. The Hall–Kier alpha value is -3.06. The minimum atomic E-state index is -0.975. The molecule has 2 N–H and O–H groups in total. The summed E-state index contributed by atoms with van der Waals surface area (Å²) in [6, 6.07) is -0.239. The smallest absolute Gasteiger partial charge is 0.407 e. The van der Waals surface area contributed by atoms with Crippen molar-refractivity contribution in [2.45, 2.75) is 24.0 Å². The van der Waals surface area contributed by atoms with Crippen LogP contribution < -0.4 is 10.9 Å². The van der Waals surface area contributed by atoms with Crippen LogP contribution in [0.1, 0.15) is 18.9 Å². The molecule has 30 heavy (non-hydrogen) atoms. The van der Waals surface area contributed by atoms with Crippen molar-refractivity contribution in [3.05, 3.63) is 34.3 Å². The molecule has 0 bridgehead atoms. The molecule has 4 rings (SSSR count). The molecular formula is C17H17N7O4S2. The number of carbonyl (C=O) groups excluding carboxylic acids is 1. The Morgan fingerprint density at radius 1 is 1.20 bits per heavy atom. The Morgan fingerprint density at radius 3 is 2.67 bits per heavy atom. The third-order valence-electron chi connectivity index (χ3n) is 4.62. The first-order valence-electron chi connectivity index (χ1n) is 9.06. The first-order valence-corrected chi connectivity index (χ1v) is 10.9.